The molecule has 5 atom stereocenters. The van der Waals surface area contributed by atoms with E-state index in [0.717, 1.165) is 18.5 Å². The van der Waals surface area contributed by atoms with Gasteiger partial charge in [0.2, 0.25) is 11.8 Å². The normalized spacial score (nSPS) is 40.0. The number of rotatable bonds is 0. The lowest BCUT2D eigenvalue weighted by Crippen LogP contribution is -2.75. The Kier molecular flexibility index (Phi) is 3.88. The third-order valence-electron chi connectivity index (χ3n) is 5.90. The molecule has 5 unspecified atom stereocenters. The molecule has 7 nitrogen and oxygen atoms in total. The Labute approximate surface area is 154 Å². The Morgan fingerprint density at radius 2 is 1.92 bits per heavy atom. The summed E-state index contributed by atoms with van der Waals surface area (Å²) in [6, 6.07) is -0.978. The number of piperidine rings is 2. The molecular formula is C17H21BrN4O3. The molecule has 25 heavy (non-hydrogen) atoms. The first-order valence-corrected chi connectivity index (χ1v) is 9.55. The van der Waals surface area contributed by atoms with Gasteiger partial charge in [-0.1, -0.05) is 29.8 Å². The number of hydrogen-bond acceptors (Lipinski definition) is 5. The van der Waals surface area contributed by atoms with Crippen molar-refractivity contribution in [3.05, 3.63) is 11.6 Å². The second kappa shape index (κ2) is 5.74. The molecule has 0 aromatic heterocycles. The highest BCUT2D eigenvalue weighted by Crippen LogP contribution is 2.49. The number of urea groups is 1. The smallest absolute Gasteiger partial charge is 0.287 e. The van der Waals surface area contributed by atoms with Crippen LogP contribution in [0.1, 0.15) is 26.7 Å². The Balaban J connectivity index is 1.85. The molecule has 4 amide bonds. The summed E-state index contributed by atoms with van der Waals surface area (Å²) in [4.78, 5) is 44.0. The number of nitrogens with one attached hydrogen (secondary N) is 2. The zero-order valence-corrected chi connectivity index (χ0v) is 15.7. The molecule has 0 aromatic rings. The van der Waals surface area contributed by atoms with E-state index in [1.807, 2.05) is 12.3 Å². The van der Waals surface area contributed by atoms with Crippen molar-refractivity contribution in [1.82, 2.24) is 15.5 Å². The Hall–Kier alpha value is -1.54. The van der Waals surface area contributed by atoms with Crippen molar-refractivity contribution in [1.29, 1.82) is 0 Å². The highest BCUT2D eigenvalue weighted by molar-refractivity contribution is 9.09. The van der Waals surface area contributed by atoms with Crippen molar-refractivity contribution in [3.8, 4) is 0 Å². The van der Waals surface area contributed by atoms with E-state index in [1.54, 1.807) is 0 Å². The van der Waals surface area contributed by atoms with E-state index < -0.39 is 23.3 Å². The zero-order chi connectivity index (χ0) is 17.9. The molecule has 0 aromatic carbocycles. The van der Waals surface area contributed by atoms with Crippen LogP contribution < -0.4 is 10.6 Å². The number of carbonyl (C=O) groups is 3. The Morgan fingerprint density at radius 3 is 2.60 bits per heavy atom. The van der Waals surface area contributed by atoms with Crippen molar-refractivity contribution < 1.29 is 14.4 Å². The number of carbonyl (C=O) groups excluding carboxylic acids is 3. The maximum absolute atomic E-state index is 12.9. The number of imide groups is 2. The molecule has 3 saturated heterocycles. The van der Waals surface area contributed by atoms with Crippen LogP contribution in [0.3, 0.4) is 0 Å². The van der Waals surface area contributed by atoms with E-state index in [1.165, 1.54) is 0 Å². The summed E-state index contributed by atoms with van der Waals surface area (Å²) >= 11 is 3.47. The van der Waals surface area contributed by atoms with Crippen LogP contribution >= 0.6 is 15.9 Å². The van der Waals surface area contributed by atoms with Gasteiger partial charge in [-0.15, -0.1) is 0 Å². The standard InChI is InChI=1S/C17H21BrN4O3/c1-8-3-9(2)13-17(14(23)20-16(25)21-15(17)24)5-10-4-12(18)19-6-11(10)22(13)7-8/h4,6,8-9,11-13H,3,5,7H2,1-2H3,(H2,20,21,23,24,25). The summed E-state index contributed by atoms with van der Waals surface area (Å²) < 4.78 is 0. The summed E-state index contributed by atoms with van der Waals surface area (Å²) in [6.45, 7) is 5.08. The molecule has 8 heteroatoms. The van der Waals surface area contributed by atoms with Crippen molar-refractivity contribution >= 4 is 40.0 Å². The molecule has 2 N–H and O–H groups in total. The van der Waals surface area contributed by atoms with E-state index in [9.17, 15) is 14.4 Å². The number of aliphatic imine (C=N–C) groups is 1. The minimum Gasteiger partial charge on any atom is -0.287 e. The Bertz CT molecular complexity index is 699. The first-order valence-electron chi connectivity index (χ1n) is 8.63. The van der Waals surface area contributed by atoms with E-state index in [4.69, 9.17) is 0 Å². The van der Waals surface area contributed by atoms with Crippen molar-refractivity contribution in [2.45, 2.75) is 43.7 Å². The number of fused-ring (bicyclic) bond motifs is 4. The van der Waals surface area contributed by atoms with Gasteiger partial charge in [0.25, 0.3) is 0 Å². The van der Waals surface area contributed by atoms with Gasteiger partial charge >= 0.3 is 6.03 Å². The fraction of sp³-hybridized carbons (Fsp3) is 0.647. The molecule has 0 radical (unpaired) electrons. The van der Waals surface area contributed by atoms with Gasteiger partial charge in [-0.2, -0.15) is 0 Å². The Morgan fingerprint density at radius 1 is 1.24 bits per heavy atom. The molecule has 4 aliphatic heterocycles. The van der Waals surface area contributed by atoms with Crippen LogP contribution in [0, 0.1) is 17.3 Å². The van der Waals surface area contributed by atoms with E-state index in [2.05, 4.69) is 50.3 Å². The SMILES string of the molecule is CC1CC(C)C2N(C1)C1C=NC(Br)C=C1CC21C(=O)NC(=O)NC1=O. The quantitative estimate of drug-likeness (QED) is 0.272. The lowest BCUT2D eigenvalue weighted by molar-refractivity contribution is -0.157. The average Bonchev–Trinajstić information content (AvgIpc) is 2.51. The molecule has 134 valence electrons. The summed E-state index contributed by atoms with van der Waals surface area (Å²) in [5.74, 6) is -0.338. The van der Waals surface area contributed by atoms with Crippen LogP contribution in [0.2, 0.25) is 0 Å². The van der Waals surface area contributed by atoms with Gasteiger partial charge in [-0.25, -0.2) is 4.79 Å². The molecule has 4 rings (SSSR count). The van der Waals surface area contributed by atoms with Crippen molar-refractivity contribution in [2.24, 2.45) is 22.2 Å². The predicted molar refractivity (Wildman–Crippen MR) is 95.2 cm³/mol. The third kappa shape index (κ3) is 2.41. The fourth-order valence-corrected chi connectivity index (χ4v) is 5.63. The number of amides is 4. The van der Waals surface area contributed by atoms with Crippen molar-refractivity contribution in [2.75, 3.05) is 6.54 Å². The number of halogens is 1. The van der Waals surface area contributed by atoms with E-state index in [-0.39, 0.29) is 23.0 Å². The summed E-state index contributed by atoms with van der Waals surface area (Å²) in [6.07, 6.45) is 5.16. The van der Waals surface area contributed by atoms with Crippen LogP contribution in [-0.2, 0) is 9.59 Å². The first-order chi connectivity index (χ1) is 11.8. The molecule has 4 heterocycles. The molecular weight excluding hydrogens is 388 g/mol. The number of barbiturate groups is 1. The van der Waals surface area contributed by atoms with Gasteiger partial charge in [0.15, 0.2) is 0 Å². The second-order valence-electron chi connectivity index (χ2n) is 7.70. The molecule has 0 bridgehead atoms. The molecule has 1 spiro atoms. The number of alkyl halides is 1. The van der Waals surface area contributed by atoms with Gasteiger partial charge in [0.05, 0.1) is 6.04 Å². The van der Waals surface area contributed by atoms with Gasteiger partial charge in [0, 0.05) is 18.8 Å². The van der Waals surface area contributed by atoms with Gasteiger partial charge < -0.3 is 0 Å². The zero-order valence-electron chi connectivity index (χ0n) is 14.2. The van der Waals surface area contributed by atoms with Crippen LogP contribution in [0.15, 0.2) is 16.6 Å². The maximum atomic E-state index is 12.9. The van der Waals surface area contributed by atoms with Crippen LogP contribution in [-0.4, -0.2) is 52.5 Å². The summed E-state index contributed by atoms with van der Waals surface area (Å²) in [5, 5.41) is 4.67. The summed E-state index contributed by atoms with van der Waals surface area (Å²) in [5.41, 5.74) is -0.262. The minimum atomic E-state index is -1.27. The molecule has 3 fully saturated rings. The molecule has 0 saturated carbocycles. The number of nitrogens with zero attached hydrogens (tertiary/aromatic N) is 2. The fourth-order valence-electron chi connectivity index (χ4n) is 5.15. The largest absolute Gasteiger partial charge is 0.328 e. The monoisotopic (exact) mass is 408 g/mol. The first kappa shape index (κ1) is 16.9. The molecule has 0 aliphatic carbocycles. The van der Waals surface area contributed by atoms with Gasteiger partial charge in [-0.05, 0) is 36.3 Å². The second-order valence-corrected chi connectivity index (χ2v) is 8.64. The topological polar surface area (TPSA) is 90.9 Å². The van der Waals surface area contributed by atoms with Gasteiger partial charge in [-0.3, -0.25) is 30.1 Å². The highest BCUT2D eigenvalue weighted by Gasteiger charge is 2.63. The third-order valence-corrected chi connectivity index (χ3v) is 6.40. The summed E-state index contributed by atoms with van der Waals surface area (Å²) in [7, 11) is 0. The highest BCUT2D eigenvalue weighted by atomic mass is 79.9. The predicted octanol–water partition coefficient (Wildman–Crippen LogP) is 1.19. The maximum Gasteiger partial charge on any atom is 0.328 e. The molecule has 4 aliphatic rings. The van der Waals surface area contributed by atoms with E-state index >= 15 is 0 Å². The van der Waals surface area contributed by atoms with E-state index in [0.29, 0.717) is 12.3 Å². The number of dihydropyridines is 1. The van der Waals surface area contributed by atoms with Crippen LogP contribution in [0.25, 0.3) is 0 Å². The van der Waals surface area contributed by atoms with Gasteiger partial charge in [0.1, 0.15) is 10.4 Å². The average molecular weight is 409 g/mol. The number of hydrogen-bond donors (Lipinski definition) is 2. The van der Waals surface area contributed by atoms with Crippen LogP contribution in [0.5, 0.6) is 0 Å². The lowest BCUT2D eigenvalue weighted by Gasteiger charge is -2.58. The lowest BCUT2D eigenvalue weighted by atomic mass is 9.61. The minimum absolute atomic E-state index is 0.00727. The van der Waals surface area contributed by atoms with Crippen LogP contribution in [0.4, 0.5) is 4.79 Å². The van der Waals surface area contributed by atoms with Crippen molar-refractivity contribution in [3.63, 3.8) is 0 Å².